The summed E-state index contributed by atoms with van der Waals surface area (Å²) < 4.78 is 4.92. The van der Waals surface area contributed by atoms with Crippen molar-refractivity contribution >= 4 is 5.69 Å². The normalized spacial score (nSPS) is 11.9. The van der Waals surface area contributed by atoms with Crippen molar-refractivity contribution in [3.63, 3.8) is 0 Å². The van der Waals surface area contributed by atoms with Crippen LogP contribution in [0.25, 0.3) is 0 Å². The van der Waals surface area contributed by atoms with Gasteiger partial charge in [-0.05, 0) is 12.1 Å². The number of benzene rings is 1. The predicted octanol–water partition coefficient (Wildman–Crippen LogP) is 1.82. The maximum absolute atomic E-state index is 10.7. The molecule has 15 heavy (non-hydrogen) atoms. The van der Waals surface area contributed by atoms with E-state index in [0.717, 1.165) is 0 Å². The molecular formula is C10H11NO4. The molecule has 1 unspecified atom stereocenters. The summed E-state index contributed by atoms with van der Waals surface area (Å²) in [6.07, 6.45) is 0.155. The van der Waals surface area contributed by atoms with Crippen molar-refractivity contribution in [1.82, 2.24) is 0 Å². The molecule has 0 heterocycles. The van der Waals surface area contributed by atoms with Crippen LogP contribution in [-0.4, -0.2) is 17.1 Å². The summed E-state index contributed by atoms with van der Waals surface area (Å²) in [7, 11) is 1.45. The maximum atomic E-state index is 10.7. The van der Waals surface area contributed by atoms with Gasteiger partial charge in [0, 0.05) is 6.07 Å². The van der Waals surface area contributed by atoms with E-state index < -0.39 is 11.0 Å². The number of nitro benzene ring substituents is 1. The van der Waals surface area contributed by atoms with Gasteiger partial charge in [-0.3, -0.25) is 10.1 Å². The van der Waals surface area contributed by atoms with E-state index in [0.29, 0.717) is 5.75 Å². The van der Waals surface area contributed by atoms with Crippen LogP contribution in [-0.2, 0) is 0 Å². The Morgan fingerprint density at radius 1 is 1.67 bits per heavy atom. The SMILES string of the molecule is C=CC(O)c1cc(OC)ccc1[N+](=O)[O-]. The van der Waals surface area contributed by atoms with Crippen LogP contribution in [0.3, 0.4) is 0 Å². The molecule has 1 aromatic rings. The molecule has 5 nitrogen and oxygen atoms in total. The molecule has 80 valence electrons. The Hall–Kier alpha value is -1.88. The number of ether oxygens (including phenoxy) is 1. The Morgan fingerprint density at radius 3 is 2.80 bits per heavy atom. The van der Waals surface area contributed by atoms with Gasteiger partial charge in [0.2, 0.25) is 0 Å². The average molecular weight is 209 g/mol. The van der Waals surface area contributed by atoms with Crippen LogP contribution in [0.15, 0.2) is 30.9 Å². The number of nitrogens with zero attached hydrogens (tertiary/aromatic N) is 1. The summed E-state index contributed by atoms with van der Waals surface area (Å²) in [4.78, 5) is 10.1. The molecule has 0 aliphatic rings. The topological polar surface area (TPSA) is 72.6 Å². The van der Waals surface area contributed by atoms with Gasteiger partial charge in [0.1, 0.15) is 11.9 Å². The molecule has 0 saturated carbocycles. The van der Waals surface area contributed by atoms with E-state index in [9.17, 15) is 15.2 Å². The molecule has 0 fully saturated rings. The number of rotatable bonds is 4. The second kappa shape index (κ2) is 4.56. The van der Waals surface area contributed by atoms with Gasteiger partial charge >= 0.3 is 0 Å². The zero-order chi connectivity index (χ0) is 11.4. The van der Waals surface area contributed by atoms with E-state index in [1.807, 2.05) is 0 Å². The van der Waals surface area contributed by atoms with E-state index in [-0.39, 0.29) is 11.3 Å². The zero-order valence-electron chi connectivity index (χ0n) is 8.21. The largest absolute Gasteiger partial charge is 0.497 e. The third-order valence-electron chi connectivity index (χ3n) is 1.97. The van der Waals surface area contributed by atoms with Crippen LogP contribution < -0.4 is 4.74 Å². The summed E-state index contributed by atoms with van der Waals surface area (Å²) >= 11 is 0. The van der Waals surface area contributed by atoms with Gasteiger partial charge in [0.05, 0.1) is 17.6 Å². The van der Waals surface area contributed by atoms with Crippen LogP contribution in [0.2, 0.25) is 0 Å². The maximum Gasteiger partial charge on any atom is 0.275 e. The predicted molar refractivity (Wildman–Crippen MR) is 54.8 cm³/mol. The van der Waals surface area contributed by atoms with Gasteiger partial charge in [-0.15, -0.1) is 6.58 Å². The highest BCUT2D eigenvalue weighted by Crippen LogP contribution is 2.29. The molecule has 0 saturated heterocycles. The molecule has 1 rings (SSSR count). The average Bonchev–Trinajstić information content (AvgIpc) is 2.26. The van der Waals surface area contributed by atoms with Crippen molar-refractivity contribution in [2.75, 3.05) is 7.11 Å². The van der Waals surface area contributed by atoms with Crippen LogP contribution in [0.4, 0.5) is 5.69 Å². The Bertz CT molecular complexity index is 389. The Labute approximate surface area is 86.8 Å². The van der Waals surface area contributed by atoms with Gasteiger partial charge < -0.3 is 9.84 Å². The zero-order valence-corrected chi connectivity index (χ0v) is 8.21. The van der Waals surface area contributed by atoms with Gasteiger partial charge in [-0.1, -0.05) is 6.08 Å². The Morgan fingerprint density at radius 2 is 2.33 bits per heavy atom. The third kappa shape index (κ3) is 2.32. The number of hydrogen-bond acceptors (Lipinski definition) is 4. The number of aliphatic hydroxyl groups is 1. The van der Waals surface area contributed by atoms with Crippen LogP contribution in [0, 0.1) is 10.1 Å². The first-order valence-electron chi connectivity index (χ1n) is 4.23. The van der Waals surface area contributed by atoms with E-state index in [4.69, 9.17) is 4.74 Å². The van der Waals surface area contributed by atoms with Gasteiger partial charge in [0.25, 0.3) is 5.69 Å². The Kier molecular flexibility index (Phi) is 3.41. The minimum absolute atomic E-state index is 0.150. The summed E-state index contributed by atoms with van der Waals surface area (Å²) in [5.74, 6) is 0.455. The van der Waals surface area contributed by atoms with E-state index in [1.165, 1.54) is 31.4 Å². The number of aliphatic hydroxyl groups excluding tert-OH is 1. The van der Waals surface area contributed by atoms with E-state index in [2.05, 4.69) is 6.58 Å². The fourth-order valence-electron chi connectivity index (χ4n) is 1.19. The molecule has 0 bridgehead atoms. The van der Waals surface area contributed by atoms with Crippen molar-refractivity contribution < 1.29 is 14.8 Å². The summed E-state index contributed by atoms with van der Waals surface area (Å²) in [6, 6.07) is 4.18. The lowest BCUT2D eigenvalue weighted by Crippen LogP contribution is -2.00. The molecular weight excluding hydrogens is 198 g/mol. The van der Waals surface area contributed by atoms with Crippen molar-refractivity contribution in [2.45, 2.75) is 6.10 Å². The summed E-state index contributed by atoms with van der Waals surface area (Å²) in [5.41, 5.74) is 0.0255. The summed E-state index contributed by atoms with van der Waals surface area (Å²) in [6.45, 7) is 3.38. The van der Waals surface area contributed by atoms with Crippen LogP contribution in [0.1, 0.15) is 11.7 Å². The second-order valence-electron chi connectivity index (χ2n) is 2.86. The van der Waals surface area contributed by atoms with Crippen LogP contribution in [0.5, 0.6) is 5.75 Å². The minimum atomic E-state index is -1.07. The Balaban J connectivity index is 3.28. The lowest BCUT2D eigenvalue weighted by molar-refractivity contribution is -0.386. The molecule has 0 radical (unpaired) electrons. The highest BCUT2D eigenvalue weighted by Gasteiger charge is 2.18. The molecule has 0 aliphatic heterocycles. The molecule has 0 aromatic heterocycles. The fraction of sp³-hybridized carbons (Fsp3) is 0.200. The summed E-state index contributed by atoms with van der Waals surface area (Å²) in [5, 5.41) is 20.2. The van der Waals surface area contributed by atoms with Gasteiger partial charge in [0.15, 0.2) is 0 Å². The highest BCUT2D eigenvalue weighted by molar-refractivity contribution is 5.47. The number of methoxy groups -OCH3 is 1. The number of hydrogen-bond donors (Lipinski definition) is 1. The second-order valence-corrected chi connectivity index (χ2v) is 2.86. The fourth-order valence-corrected chi connectivity index (χ4v) is 1.19. The molecule has 5 heteroatoms. The molecule has 1 atom stereocenters. The van der Waals surface area contributed by atoms with Crippen molar-refractivity contribution in [3.8, 4) is 5.75 Å². The van der Waals surface area contributed by atoms with Crippen molar-refractivity contribution in [2.24, 2.45) is 0 Å². The monoisotopic (exact) mass is 209 g/mol. The van der Waals surface area contributed by atoms with E-state index in [1.54, 1.807) is 0 Å². The smallest absolute Gasteiger partial charge is 0.275 e. The molecule has 1 N–H and O–H groups in total. The molecule has 1 aromatic carbocycles. The molecule has 0 aliphatic carbocycles. The lowest BCUT2D eigenvalue weighted by atomic mass is 10.1. The van der Waals surface area contributed by atoms with E-state index >= 15 is 0 Å². The highest BCUT2D eigenvalue weighted by atomic mass is 16.6. The van der Waals surface area contributed by atoms with Crippen LogP contribution >= 0.6 is 0 Å². The first-order valence-corrected chi connectivity index (χ1v) is 4.23. The van der Waals surface area contributed by atoms with Gasteiger partial charge in [-0.2, -0.15) is 0 Å². The molecule has 0 amide bonds. The van der Waals surface area contributed by atoms with Gasteiger partial charge in [-0.25, -0.2) is 0 Å². The quantitative estimate of drug-likeness (QED) is 0.466. The first kappa shape index (κ1) is 11.2. The van der Waals surface area contributed by atoms with Crippen molar-refractivity contribution in [1.29, 1.82) is 0 Å². The molecule has 0 spiro atoms. The minimum Gasteiger partial charge on any atom is -0.497 e. The number of nitro groups is 1. The van der Waals surface area contributed by atoms with Crippen molar-refractivity contribution in [3.05, 3.63) is 46.5 Å². The first-order chi connectivity index (χ1) is 7.10. The standard InChI is InChI=1S/C10H11NO4/c1-3-10(12)8-6-7(15-2)4-5-9(8)11(13)14/h3-6,10,12H,1H2,2H3. The third-order valence-corrected chi connectivity index (χ3v) is 1.97. The lowest BCUT2D eigenvalue weighted by Gasteiger charge is -2.08.